The highest BCUT2D eigenvalue weighted by molar-refractivity contribution is 5.86. The van der Waals surface area contributed by atoms with E-state index in [-0.39, 0.29) is 55.2 Å². The number of rotatable bonds is 14. The molecule has 0 aliphatic carbocycles. The van der Waals surface area contributed by atoms with Gasteiger partial charge < -0.3 is 16.0 Å². The Morgan fingerprint density at radius 1 is 0.694 bits per heavy atom. The third-order valence-electron chi connectivity index (χ3n) is 3.58. The first-order valence-corrected chi connectivity index (χ1v) is 11.3. The average Bonchev–Trinajstić information content (AvgIpc) is 2.76. The molecule has 0 aromatic carbocycles. The van der Waals surface area contributed by atoms with Crippen molar-refractivity contribution in [3.05, 3.63) is 0 Å². The monoisotopic (exact) mass is 518 g/mol. The minimum absolute atomic E-state index is 0. The van der Waals surface area contributed by atoms with E-state index in [4.69, 9.17) is 11.6 Å². The lowest BCUT2D eigenvalue weighted by Crippen LogP contribution is -2.29. The maximum absolute atomic E-state index is 11.4. The Kier molecular flexibility index (Phi) is 36.3. The van der Waals surface area contributed by atoms with Gasteiger partial charge in [-0.15, -0.1) is 0 Å². The van der Waals surface area contributed by atoms with Crippen LogP contribution in [0, 0.1) is 0 Å². The molecular formula is C24H50N6O6. The summed E-state index contributed by atoms with van der Waals surface area (Å²) in [5, 5.41) is 3.82. The van der Waals surface area contributed by atoms with Crippen molar-refractivity contribution in [2.24, 2.45) is 21.7 Å². The minimum Gasteiger partial charge on any atom is -0.412 e. The maximum Gasteiger partial charge on any atom is 0.240 e. The minimum atomic E-state index is -0.199. The third kappa shape index (κ3) is 44.8. The van der Waals surface area contributed by atoms with Crippen molar-refractivity contribution in [1.29, 1.82) is 0 Å². The SMILES string of the molecule is C.CC(C)=NCC(=O)CCCCC(=O)NN=C(C)C.CC(C)=O.NCC(=O)CCCCC(=O)NN.O. The number of hydrazine groups is 1. The summed E-state index contributed by atoms with van der Waals surface area (Å²) in [6.07, 6.45) is 4.51. The molecule has 0 atom stereocenters. The number of carbonyl (C=O) groups is 5. The first-order valence-electron chi connectivity index (χ1n) is 11.3. The lowest BCUT2D eigenvalue weighted by Gasteiger charge is -2.00. The Bertz CT molecular complexity index is 629. The van der Waals surface area contributed by atoms with E-state index in [0.29, 0.717) is 44.9 Å². The molecule has 0 aliphatic rings. The van der Waals surface area contributed by atoms with Gasteiger partial charge in [0.05, 0.1) is 13.1 Å². The number of nitrogens with two attached hydrogens (primary N) is 2. The maximum atomic E-state index is 11.4. The van der Waals surface area contributed by atoms with Crippen LogP contribution in [-0.2, 0) is 24.0 Å². The van der Waals surface area contributed by atoms with E-state index >= 15 is 0 Å². The van der Waals surface area contributed by atoms with Crippen LogP contribution in [0.15, 0.2) is 10.1 Å². The van der Waals surface area contributed by atoms with Gasteiger partial charge in [-0.25, -0.2) is 11.3 Å². The number of unbranched alkanes of at least 4 members (excludes halogenated alkanes) is 2. The molecule has 0 aliphatic heterocycles. The molecule has 12 nitrogen and oxygen atoms in total. The smallest absolute Gasteiger partial charge is 0.240 e. The fourth-order valence-electron chi connectivity index (χ4n) is 1.95. The molecule has 0 saturated carbocycles. The molecule has 0 aromatic heterocycles. The number of hydrazone groups is 1. The van der Waals surface area contributed by atoms with Gasteiger partial charge in [-0.05, 0) is 67.2 Å². The number of carbonyl (C=O) groups excluding carboxylic acids is 5. The van der Waals surface area contributed by atoms with Crippen molar-refractivity contribution in [3.63, 3.8) is 0 Å². The predicted octanol–water partition coefficient (Wildman–Crippen LogP) is 1.58. The van der Waals surface area contributed by atoms with E-state index < -0.39 is 0 Å². The molecule has 12 heteroatoms. The van der Waals surface area contributed by atoms with Gasteiger partial charge in [-0.3, -0.25) is 29.6 Å². The zero-order chi connectivity index (χ0) is 26.9. The molecule has 0 unspecified atom stereocenters. The van der Waals surface area contributed by atoms with Crippen molar-refractivity contribution in [3.8, 4) is 0 Å². The van der Waals surface area contributed by atoms with E-state index in [0.717, 1.165) is 17.8 Å². The van der Waals surface area contributed by atoms with Gasteiger partial charge in [0, 0.05) is 37.1 Å². The quantitative estimate of drug-likeness (QED) is 0.0873. The van der Waals surface area contributed by atoms with Gasteiger partial charge in [0.25, 0.3) is 0 Å². The Morgan fingerprint density at radius 3 is 1.50 bits per heavy atom. The van der Waals surface area contributed by atoms with Crippen molar-refractivity contribution in [2.45, 2.75) is 100 Å². The van der Waals surface area contributed by atoms with Gasteiger partial charge >= 0.3 is 0 Å². The zero-order valence-electron chi connectivity index (χ0n) is 22.2. The molecule has 0 radical (unpaired) electrons. The Morgan fingerprint density at radius 2 is 1.11 bits per heavy atom. The highest BCUT2D eigenvalue weighted by atomic mass is 16.2. The molecule has 0 bridgehead atoms. The van der Waals surface area contributed by atoms with Crippen LogP contribution in [0.1, 0.15) is 100 Å². The summed E-state index contributed by atoms with van der Waals surface area (Å²) >= 11 is 0. The summed E-state index contributed by atoms with van der Waals surface area (Å²) in [7, 11) is 0. The lowest BCUT2D eigenvalue weighted by molar-refractivity contribution is -0.122. The van der Waals surface area contributed by atoms with Crippen LogP contribution in [0.25, 0.3) is 0 Å². The Balaban J connectivity index is -0.000000155. The number of ketones is 3. The van der Waals surface area contributed by atoms with Crippen LogP contribution in [-0.4, -0.2) is 59.2 Å². The fourth-order valence-corrected chi connectivity index (χ4v) is 1.95. The molecule has 2 amide bonds. The second-order valence-electron chi connectivity index (χ2n) is 8.03. The van der Waals surface area contributed by atoms with Crippen LogP contribution in [0.5, 0.6) is 0 Å². The lowest BCUT2D eigenvalue weighted by atomic mass is 10.1. The van der Waals surface area contributed by atoms with Gasteiger partial charge in [0.15, 0.2) is 5.78 Å². The number of Topliss-reactive ketones (excluding diaryl/α,β-unsaturated/α-hetero) is 3. The number of nitrogens with zero attached hydrogens (tertiary/aromatic N) is 2. The molecule has 0 aromatic rings. The molecule has 0 fully saturated rings. The molecule has 0 rings (SSSR count). The molecule has 212 valence electrons. The third-order valence-corrected chi connectivity index (χ3v) is 3.58. The van der Waals surface area contributed by atoms with Crippen LogP contribution >= 0.6 is 0 Å². The van der Waals surface area contributed by atoms with E-state index in [1.807, 2.05) is 33.1 Å². The summed E-state index contributed by atoms with van der Waals surface area (Å²) in [5.74, 6) is 4.87. The van der Waals surface area contributed by atoms with Gasteiger partial charge in [0.1, 0.15) is 11.6 Å². The van der Waals surface area contributed by atoms with E-state index in [1.165, 1.54) is 13.8 Å². The topological polar surface area (TPSA) is 218 Å². The molecule has 8 N–H and O–H groups in total. The number of hydrogen-bond acceptors (Lipinski definition) is 9. The fraction of sp³-hybridized carbons (Fsp3) is 0.708. The molecular weight excluding hydrogens is 468 g/mol. The highest BCUT2D eigenvalue weighted by Crippen LogP contribution is 2.01. The number of nitrogens with one attached hydrogen (secondary N) is 2. The summed E-state index contributed by atoms with van der Waals surface area (Å²) in [6, 6.07) is 0. The number of hydrogen-bond donors (Lipinski definition) is 4. The average molecular weight is 519 g/mol. The molecule has 0 spiro atoms. The normalized spacial score (nSPS) is 8.67. The van der Waals surface area contributed by atoms with Crippen molar-refractivity contribution >= 4 is 40.6 Å². The summed E-state index contributed by atoms with van der Waals surface area (Å²) in [4.78, 5) is 57.4. The van der Waals surface area contributed by atoms with E-state index in [1.54, 1.807) is 0 Å². The summed E-state index contributed by atoms with van der Waals surface area (Å²) in [5.41, 5.74) is 11.3. The van der Waals surface area contributed by atoms with Crippen LogP contribution in [0.2, 0.25) is 0 Å². The van der Waals surface area contributed by atoms with E-state index in [2.05, 4.69) is 15.5 Å². The van der Waals surface area contributed by atoms with Gasteiger partial charge in [-0.2, -0.15) is 5.10 Å². The van der Waals surface area contributed by atoms with Crippen LogP contribution in [0.4, 0.5) is 0 Å². The number of amides is 2. The van der Waals surface area contributed by atoms with Crippen LogP contribution in [0.3, 0.4) is 0 Å². The first kappa shape index (κ1) is 43.3. The summed E-state index contributed by atoms with van der Waals surface area (Å²) in [6.45, 7) is 10.8. The number of aliphatic imine (C=N–C) groups is 1. The summed E-state index contributed by atoms with van der Waals surface area (Å²) < 4.78 is 0. The Hall–Kier alpha value is -2.83. The standard InChI is InChI=1S/C13H23N3O2.C7H15N3O2.C3H6O.CH4.H2O/c1-10(2)14-9-12(17)7-5-6-8-13(18)16-15-11(3)4;8-5-6(11)3-1-2-4-7(12)10-9;1-3(2)4;;/h5-9H2,1-4H3,(H,16,18);1-5,8-9H2,(H,10,12);1-2H3;1H4;1H2. The second-order valence-corrected chi connectivity index (χ2v) is 8.03. The molecule has 36 heavy (non-hydrogen) atoms. The van der Waals surface area contributed by atoms with Crippen LogP contribution < -0.4 is 22.4 Å². The van der Waals surface area contributed by atoms with Gasteiger partial charge in [0.2, 0.25) is 11.8 Å². The highest BCUT2D eigenvalue weighted by Gasteiger charge is 2.03. The molecule has 0 heterocycles. The Labute approximate surface area is 216 Å². The second kappa shape index (κ2) is 30.2. The van der Waals surface area contributed by atoms with Gasteiger partial charge in [-0.1, -0.05) is 7.43 Å². The van der Waals surface area contributed by atoms with E-state index in [9.17, 15) is 24.0 Å². The predicted molar refractivity (Wildman–Crippen MR) is 146 cm³/mol. The van der Waals surface area contributed by atoms with Crippen molar-refractivity contribution < 1.29 is 29.4 Å². The molecule has 0 saturated heterocycles. The largest absolute Gasteiger partial charge is 0.412 e. The van der Waals surface area contributed by atoms with Crippen molar-refractivity contribution in [1.82, 2.24) is 10.9 Å². The zero-order valence-corrected chi connectivity index (χ0v) is 22.2. The van der Waals surface area contributed by atoms with Crippen molar-refractivity contribution in [2.75, 3.05) is 13.1 Å². The first-order chi connectivity index (χ1) is 15.8.